The topological polar surface area (TPSA) is 18.5 Å². The van der Waals surface area contributed by atoms with Crippen molar-refractivity contribution < 1.29 is 9.47 Å². The zero-order valence-electron chi connectivity index (χ0n) is 12.8. The summed E-state index contributed by atoms with van der Waals surface area (Å²) in [5.41, 5.74) is 0. The summed E-state index contributed by atoms with van der Waals surface area (Å²) in [7, 11) is 0. The lowest BCUT2D eigenvalue weighted by Gasteiger charge is -2.20. The third-order valence-corrected chi connectivity index (χ3v) is 8.79. The normalized spacial score (nSPS) is 21.5. The van der Waals surface area contributed by atoms with Crippen LogP contribution in [0.15, 0.2) is 0 Å². The molecule has 0 aromatic carbocycles. The van der Waals surface area contributed by atoms with Gasteiger partial charge in [-0.1, -0.05) is 55.4 Å². The molecule has 2 unspecified atom stereocenters. The van der Waals surface area contributed by atoms with Crippen molar-refractivity contribution in [3.05, 3.63) is 0 Å². The lowest BCUT2D eigenvalue weighted by molar-refractivity contribution is 0.0215. The van der Waals surface area contributed by atoms with Crippen molar-refractivity contribution in [2.75, 3.05) is 19.8 Å². The predicted octanol–water partition coefficient (Wildman–Crippen LogP) is 4.13. The van der Waals surface area contributed by atoms with E-state index in [1.807, 2.05) is 0 Å². The van der Waals surface area contributed by atoms with E-state index < -0.39 is 14.1 Å². The summed E-state index contributed by atoms with van der Waals surface area (Å²) in [6.07, 6.45) is 4.14. The fourth-order valence-electron chi connectivity index (χ4n) is 2.80. The van der Waals surface area contributed by atoms with Crippen molar-refractivity contribution in [2.45, 2.75) is 68.4 Å². The van der Waals surface area contributed by atoms with Gasteiger partial charge in [-0.2, -0.15) is 0 Å². The van der Waals surface area contributed by atoms with Crippen LogP contribution < -0.4 is 0 Å². The Bertz CT molecular complexity index is 203. The Labute approximate surface area is 118 Å². The summed E-state index contributed by atoms with van der Waals surface area (Å²) in [5, 5.41) is 2.82. The van der Waals surface area contributed by atoms with Gasteiger partial charge in [-0.25, -0.2) is 0 Å². The first-order chi connectivity index (χ1) is 8.63. The molecule has 0 spiro atoms. The van der Waals surface area contributed by atoms with Crippen molar-refractivity contribution in [3.8, 4) is 0 Å². The fourth-order valence-corrected chi connectivity index (χ4v) is 6.42. The van der Waals surface area contributed by atoms with E-state index >= 15 is 0 Å². The predicted molar refractivity (Wildman–Crippen MR) is 79.7 cm³/mol. The fraction of sp³-hybridized carbons (Fsp3) is 1.00. The van der Waals surface area contributed by atoms with E-state index in [1.54, 1.807) is 0 Å². The van der Waals surface area contributed by atoms with Gasteiger partial charge < -0.3 is 9.47 Å². The molecule has 106 valence electrons. The summed E-state index contributed by atoms with van der Waals surface area (Å²) in [6.45, 7) is 12.2. The molecule has 3 heteroatoms. The molecule has 1 heterocycles. The maximum atomic E-state index is 5.83. The molecule has 0 N–H and O–H groups in total. The smallest absolute Gasteiger partial charge is 0.268 e. The molecule has 0 aromatic heterocycles. The largest absolute Gasteiger partial charge is 0.380 e. The summed E-state index contributed by atoms with van der Waals surface area (Å²) in [4.78, 5) is 0. The molecule has 2 atom stereocenters. The second kappa shape index (κ2) is 9.37. The zero-order valence-corrected chi connectivity index (χ0v) is 13.9. The van der Waals surface area contributed by atoms with E-state index in [9.17, 15) is 0 Å². The average molecular weight is 270 g/mol. The molecule has 1 fully saturated rings. The molecule has 0 aliphatic carbocycles. The molecular weight excluding hydrogens is 239 g/mol. The SMILES string of the molecule is CC[CH](C)[Al]([CH2]COCC1CCCO1)[CH2]C(C)C. The Morgan fingerprint density at radius 2 is 2.11 bits per heavy atom. The Kier molecular flexibility index (Phi) is 8.59. The first kappa shape index (κ1) is 16.5. The van der Waals surface area contributed by atoms with E-state index in [0.717, 1.165) is 30.5 Å². The Balaban J connectivity index is 2.15. The van der Waals surface area contributed by atoms with Crippen LogP contribution in [0.4, 0.5) is 0 Å². The van der Waals surface area contributed by atoms with Gasteiger partial charge in [0.2, 0.25) is 0 Å². The Morgan fingerprint density at radius 1 is 1.33 bits per heavy atom. The molecule has 1 aliphatic rings. The molecule has 0 saturated carbocycles. The van der Waals surface area contributed by atoms with Crippen LogP contribution in [0, 0.1) is 5.92 Å². The van der Waals surface area contributed by atoms with Crippen molar-refractivity contribution in [1.82, 2.24) is 0 Å². The van der Waals surface area contributed by atoms with Gasteiger partial charge in [0.1, 0.15) is 0 Å². The van der Waals surface area contributed by atoms with Gasteiger partial charge in [0.25, 0.3) is 14.1 Å². The highest BCUT2D eigenvalue weighted by Crippen LogP contribution is 2.24. The minimum absolute atomic E-state index is 0.388. The average Bonchev–Trinajstić information content (AvgIpc) is 2.84. The van der Waals surface area contributed by atoms with Crippen LogP contribution in [0.5, 0.6) is 0 Å². The quantitative estimate of drug-likeness (QED) is 0.463. The Morgan fingerprint density at radius 3 is 2.67 bits per heavy atom. The molecule has 0 radical (unpaired) electrons. The summed E-state index contributed by atoms with van der Waals surface area (Å²) in [5.74, 6) is 0.855. The highest BCUT2D eigenvalue weighted by molar-refractivity contribution is 6.60. The molecule has 0 aromatic rings. The van der Waals surface area contributed by atoms with Crippen LogP contribution in [-0.4, -0.2) is 40.1 Å². The third-order valence-electron chi connectivity index (χ3n) is 4.18. The van der Waals surface area contributed by atoms with Gasteiger partial charge in [0, 0.05) is 13.2 Å². The van der Waals surface area contributed by atoms with Crippen LogP contribution in [0.25, 0.3) is 0 Å². The molecular formula is C15H31AlO2. The van der Waals surface area contributed by atoms with Crippen molar-refractivity contribution in [2.24, 2.45) is 5.92 Å². The first-order valence-electron chi connectivity index (χ1n) is 7.82. The van der Waals surface area contributed by atoms with Crippen molar-refractivity contribution in [1.29, 1.82) is 0 Å². The lowest BCUT2D eigenvalue weighted by Crippen LogP contribution is -2.23. The standard InChI is InChI=1S/C7H13O2.2C4H9.Al/c1-2-8-6-7-4-3-5-9-7;1-4(2)3;1-3-4-2;/h7H,1-6H2;4H,1H2,2-3H3;3H,4H2,1-2H3;. The number of hydrogen-bond acceptors (Lipinski definition) is 2. The zero-order chi connectivity index (χ0) is 13.4. The van der Waals surface area contributed by atoms with Crippen LogP contribution in [0.2, 0.25) is 15.3 Å². The second-order valence-electron chi connectivity index (χ2n) is 6.27. The van der Waals surface area contributed by atoms with Crippen molar-refractivity contribution in [3.63, 3.8) is 0 Å². The van der Waals surface area contributed by atoms with Crippen LogP contribution in [0.3, 0.4) is 0 Å². The van der Waals surface area contributed by atoms with E-state index in [0.29, 0.717) is 6.10 Å². The van der Waals surface area contributed by atoms with Gasteiger partial charge in [-0.15, -0.1) is 0 Å². The summed E-state index contributed by atoms with van der Waals surface area (Å²) >= 11 is -0.617. The summed E-state index contributed by atoms with van der Waals surface area (Å²) in [6, 6.07) is 0. The van der Waals surface area contributed by atoms with Crippen LogP contribution >= 0.6 is 0 Å². The number of ether oxygens (including phenoxy) is 2. The first-order valence-corrected chi connectivity index (χ1v) is 10.1. The highest BCUT2D eigenvalue weighted by atomic mass is 27.2. The van der Waals surface area contributed by atoms with E-state index in [4.69, 9.17) is 9.47 Å². The maximum absolute atomic E-state index is 5.83. The molecule has 1 saturated heterocycles. The molecule has 0 bridgehead atoms. The molecule has 0 amide bonds. The monoisotopic (exact) mass is 270 g/mol. The van der Waals surface area contributed by atoms with E-state index in [-0.39, 0.29) is 0 Å². The lowest BCUT2D eigenvalue weighted by atomic mass is 10.2. The maximum Gasteiger partial charge on any atom is 0.268 e. The summed E-state index contributed by atoms with van der Waals surface area (Å²) < 4.78 is 12.4. The molecule has 2 nitrogen and oxygen atoms in total. The van der Waals surface area contributed by atoms with Crippen LogP contribution in [-0.2, 0) is 9.47 Å². The van der Waals surface area contributed by atoms with Gasteiger partial charge in [-0.05, 0) is 12.8 Å². The minimum Gasteiger partial charge on any atom is -0.380 e. The van der Waals surface area contributed by atoms with Crippen LogP contribution in [0.1, 0.15) is 47.0 Å². The van der Waals surface area contributed by atoms with Crippen molar-refractivity contribution >= 4 is 14.1 Å². The molecule has 1 aliphatic heterocycles. The van der Waals surface area contributed by atoms with E-state index in [2.05, 4.69) is 27.7 Å². The molecule has 1 rings (SSSR count). The third kappa shape index (κ3) is 6.57. The second-order valence-corrected chi connectivity index (χ2v) is 9.98. The minimum atomic E-state index is -0.617. The number of rotatable bonds is 9. The van der Waals surface area contributed by atoms with Gasteiger partial charge >= 0.3 is 0 Å². The van der Waals surface area contributed by atoms with E-state index in [1.165, 1.54) is 29.8 Å². The molecule has 18 heavy (non-hydrogen) atoms. The van der Waals surface area contributed by atoms with Gasteiger partial charge in [0.15, 0.2) is 0 Å². The number of hydrogen-bond donors (Lipinski definition) is 0. The Hall–Kier alpha value is 0.452. The highest BCUT2D eigenvalue weighted by Gasteiger charge is 2.24. The van der Waals surface area contributed by atoms with Gasteiger partial charge in [0.05, 0.1) is 12.7 Å². The van der Waals surface area contributed by atoms with Gasteiger partial charge in [-0.3, -0.25) is 0 Å².